The minimum atomic E-state index is 0. The molecule has 1 atom stereocenters. The Bertz CT molecular complexity index is 798. The van der Waals surface area contributed by atoms with E-state index in [2.05, 4.69) is 23.1 Å². The zero-order chi connectivity index (χ0) is 20.6. The van der Waals surface area contributed by atoms with Crippen LogP contribution in [0.15, 0.2) is 18.2 Å². The fourth-order valence-corrected chi connectivity index (χ4v) is 6.74. The van der Waals surface area contributed by atoms with E-state index in [1.165, 1.54) is 38.6 Å². The lowest BCUT2D eigenvalue weighted by Crippen LogP contribution is -2.47. The summed E-state index contributed by atoms with van der Waals surface area (Å²) in [5, 5.41) is 0. The van der Waals surface area contributed by atoms with Crippen LogP contribution in [0.1, 0.15) is 86.8 Å². The van der Waals surface area contributed by atoms with E-state index < -0.39 is 0 Å². The van der Waals surface area contributed by atoms with E-state index >= 15 is 0 Å². The van der Waals surface area contributed by atoms with Crippen LogP contribution >= 0.6 is 12.4 Å². The lowest BCUT2D eigenvalue weighted by molar-refractivity contribution is -0.153. The zero-order valence-corrected chi connectivity index (χ0v) is 19.6. The van der Waals surface area contributed by atoms with Gasteiger partial charge in [-0.25, -0.2) is 0 Å². The van der Waals surface area contributed by atoms with Gasteiger partial charge < -0.3 is 4.90 Å². The molecule has 31 heavy (non-hydrogen) atoms. The molecule has 2 aliphatic carbocycles. The molecular weight excluding hydrogens is 408 g/mol. The predicted octanol–water partition coefficient (Wildman–Crippen LogP) is 4.88. The van der Waals surface area contributed by atoms with Gasteiger partial charge in [0.25, 0.3) is 0 Å². The van der Waals surface area contributed by atoms with Gasteiger partial charge in [-0.1, -0.05) is 31.0 Å². The van der Waals surface area contributed by atoms with Gasteiger partial charge in [0.15, 0.2) is 0 Å². The molecule has 1 spiro atoms. The monoisotopic (exact) mass is 444 g/mol. The molecule has 5 heteroatoms. The Morgan fingerprint density at radius 1 is 0.903 bits per heavy atom. The molecule has 1 saturated heterocycles. The topological polar surface area (TPSA) is 40.6 Å². The van der Waals surface area contributed by atoms with E-state index in [0.717, 1.165) is 45.2 Å². The second-order valence-corrected chi connectivity index (χ2v) is 10.3. The van der Waals surface area contributed by atoms with Gasteiger partial charge in [0.05, 0.1) is 0 Å². The van der Waals surface area contributed by atoms with E-state index in [-0.39, 0.29) is 29.6 Å². The Balaban J connectivity index is 0.00000231. The van der Waals surface area contributed by atoms with Crippen molar-refractivity contribution in [2.24, 2.45) is 5.41 Å². The fourth-order valence-electron chi connectivity index (χ4n) is 6.74. The highest BCUT2D eigenvalue weighted by Gasteiger charge is 2.44. The van der Waals surface area contributed by atoms with Gasteiger partial charge in [-0.3, -0.25) is 14.5 Å². The van der Waals surface area contributed by atoms with Crippen LogP contribution in [-0.4, -0.2) is 47.8 Å². The molecule has 2 heterocycles. The molecule has 1 aromatic carbocycles. The number of carbonyl (C=O) groups is 2. The summed E-state index contributed by atoms with van der Waals surface area (Å²) in [6.07, 6.45) is 12.8. The number of benzene rings is 1. The summed E-state index contributed by atoms with van der Waals surface area (Å²) in [5.41, 5.74) is 4.85. The maximum Gasteiger partial charge on any atom is 0.229 e. The quantitative estimate of drug-likeness (QED) is 0.480. The Kier molecular flexibility index (Phi) is 7.07. The molecule has 1 unspecified atom stereocenters. The third-order valence-electron chi connectivity index (χ3n) is 8.29. The molecule has 1 saturated carbocycles. The lowest BCUT2D eigenvalue weighted by Gasteiger charge is -2.37. The molecule has 0 N–H and O–H groups in total. The van der Waals surface area contributed by atoms with Crippen molar-refractivity contribution < 1.29 is 9.59 Å². The first-order valence-electron chi connectivity index (χ1n) is 12.3. The Labute approximate surface area is 193 Å². The number of hydrogen-bond acceptors (Lipinski definition) is 3. The van der Waals surface area contributed by atoms with Gasteiger partial charge in [0, 0.05) is 32.5 Å². The Morgan fingerprint density at radius 2 is 1.58 bits per heavy atom. The van der Waals surface area contributed by atoms with Crippen molar-refractivity contribution in [1.29, 1.82) is 0 Å². The van der Waals surface area contributed by atoms with Crippen LogP contribution in [0.3, 0.4) is 0 Å². The Morgan fingerprint density at radius 3 is 2.32 bits per heavy atom. The largest absolute Gasteiger partial charge is 0.302 e. The van der Waals surface area contributed by atoms with Crippen molar-refractivity contribution in [3.05, 3.63) is 34.9 Å². The lowest BCUT2D eigenvalue weighted by atomic mass is 9.76. The molecule has 4 aliphatic rings. The van der Waals surface area contributed by atoms with Crippen molar-refractivity contribution in [3.8, 4) is 0 Å². The van der Waals surface area contributed by atoms with Gasteiger partial charge in [0.2, 0.25) is 11.8 Å². The van der Waals surface area contributed by atoms with Crippen LogP contribution in [0.25, 0.3) is 0 Å². The molecule has 170 valence electrons. The number of unbranched alkanes of at least 4 members (excludes halogenated alkanes) is 1. The highest BCUT2D eigenvalue weighted by Crippen LogP contribution is 2.47. The van der Waals surface area contributed by atoms with Gasteiger partial charge >= 0.3 is 0 Å². The molecule has 5 rings (SSSR count). The average molecular weight is 445 g/mol. The highest BCUT2D eigenvalue weighted by molar-refractivity contribution is 5.98. The third kappa shape index (κ3) is 4.71. The van der Waals surface area contributed by atoms with Gasteiger partial charge in [-0.05, 0) is 85.9 Å². The van der Waals surface area contributed by atoms with Crippen molar-refractivity contribution in [1.82, 2.24) is 9.80 Å². The molecule has 0 bridgehead atoms. The number of aryl methyl sites for hydroxylation is 1. The van der Waals surface area contributed by atoms with Crippen LogP contribution in [0.5, 0.6) is 0 Å². The van der Waals surface area contributed by atoms with E-state index in [1.807, 2.05) is 0 Å². The second kappa shape index (κ2) is 9.62. The maximum absolute atomic E-state index is 12.6. The van der Waals surface area contributed by atoms with Gasteiger partial charge in [0.1, 0.15) is 0 Å². The molecule has 0 radical (unpaired) electrons. The minimum absolute atomic E-state index is 0. The number of nitrogens with zero attached hydrogens (tertiary/aromatic N) is 2. The van der Waals surface area contributed by atoms with E-state index in [9.17, 15) is 9.59 Å². The maximum atomic E-state index is 12.6. The van der Waals surface area contributed by atoms with Crippen LogP contribution in [0.2, 0.25) is 0 Å². The predicted molar refractivity (Wildman–Crippen MR) is 126 cm³/mol. The molecule has 0 aromatic heterocycles. The third-order valence-corrected chi connectivity index (χ3v) is 8.29. The van der Waals surface area contributed by atoms with E-state index in [4.69, 9.17) is 0 Å². The number of piperidine rings is 1. The molecule has 2 amide bonds. The first-order valence-corrected chi connectivity index (χ1v) is 12.3. The summed E-state index contributed by atoms with van der Waals surface area (Å²) in [5.74, 6) is 0.876. The molecular formula is C26H37ClN2O2. The summed E-state index contributed by atoms with van der Waals surface area (Å²) in [7, 11) is 0. The summed E-state index contributed by atoms with van der Waals surface area (Å²) >= 11 is 0. The van der Waals surface area contributed by atoms with Gasteiger partial charge in [-0.2, -0.15) is 0 Å². The molecule has 1 aromatic rings. The molecule has 2 aliphatic heterocycles. The van der Waals surface area contributed by atoms with Crippen LogP contribution < -0.4 is 0 Å². The zero-order valence-electron chi connectivity index (χ0n) is 18.7. The number of rotatable bonds is 5. The number of carbonyl (C=O) groups excluding carboxylic acids is 2. The number of amides is 2. The second-order valence-electron chi connectivity index (χ2n) is 10.3. The van der Waals surface area contributed by atoms with Crippen LogP contribution in [0.4, 0.5) is 0 Å². The Hall–Kier alpha value is -1.39. The smallest absolute Gasteiger partial charge is 0.229 e. The SMILES string of the molecule is Cl.O=C1CC2(CCCC2)CC(=O)N1CCCCN1CCc2cccc3c2C(CCC3)C1. The summed E-state index contributed by atoms with van der Waals surface area (Å²) < 4.78 is 0. The average Bonchev–Trinajstić information content (AvgIpc) is 3.09. The number of hydrogen-bond donors (Lipinski definition) is 0. The van der Waals surface area contributed by atoms with Crippen molar-refractivity contribution in [2.45, 2.75) is 83.0 Å². The van der Waals surface area contributed by atoms with E-state index in [0.29, 0.717) is 25.3 Å². The normalized spacial score (nSPS) is 25.3. The summed E-state index contributed by atoms with van der Waals surface area (Å²) in [4.78, 5) is 29.5. The number of imide groups is 1. The molecule has 2 fully saturated rings. The summed E-state index contributed by atoms with van der Waals surface area (Å²) in [6.45, 7) is 4.01. The number of halogens is 1. The van der Waals surface area contributed by atoms with Gasteiger partial charge in [-0.15, -0.1) is 12.4 Å². The van der Waals surface area contributed by atoms with Crippen molar-refractivity contribution in [3.63, 3.8) is 0 Å². The fraction of sp³-hybridized carbons (Fsp3) is 0.692. The minimum Gasteiger partial charge on any atom is -0.302 e. The first-order chi connectivity index (χ1) is 14.6. The highest BCUT2D eigenvalue weighted by atomic mass is 35.5. The van der Waals surface area contributed by atoms with Crippen molar-refractivity contribution in [2.75, 3.05) is 26.2 Å². The molecule has 4 nitrogen and oxygen atoms in total. The van der Waals surface area contributed by atoms with Crippen LogP contribution in [-0.2, 0) is 22.4 Å². The first kappa shape index (κ1) is 22.8. The van der Waals surface area contributed by atoms with Crippen molar-refractivity contribution >= 4 is 24.2 Å². The summed E-state index contributed by atoms with van der Waals surface area (Å²) in [6, 6.07) is 6.92. The standard InChI is InChI=1S/C26H36N2O2.ClH/c29-23-17-26(12-1-2-13-26)18-24(30)28(23)15-4-3-14-27-16-11-21-9-5-7-20-8-6-10-22(19-27)25(20)21;/h5,7,9,22H,1-4,6,8,10-19H2;1H. The number of likely N-dealkylation sites (tertiary alicyclic amines) is 1. The van der Waals surface area contributed by atoms with E-state index in [1.54, 1.807) is 21.6 Å². The van der Waals surface area contributed by atoms with Crippen LogP contribution in [0, 0.1) is 5.41 Å².